The lowest BCUT2D eigenvalue weighted by atomic mass is 10.3. The van der Waals surface area contributed by atoms with Gasteiger partial charge in [-0.3, -0.25) is 0 Å². The molecule has 0 saturated carbocycles. The van der Waals surface area contributed by atoms with Crippen molar-refractivity contribution >= 4 is 22.4 Å². The minimum Gasteiger partial charge on any atom is -0.440 e. The van der Waals surface area contributed by atoms with Gasteiger partial charge in [-0.05, 0) is 30.5 Å². The predicted octanol–water partition coefficient (Wildman–Crippen LogP) is 3.60. The summed E-state index contributed by atoms with van der Waals surface area (Å²) < 4.78 is 7.78. The third-order valence-corrected chi connectivity index (χ3v) is 4.67. The van der Waals surface area contributed by atoms with Crippen LogP contribution in [0.4, 0.5) is 0 Å². The third-order valence-electron chi connectivity index (χ3n) is 3.81. The first kappa shape index (κ1) is 14.2. The summed E-state index contributed by atoms with van der Waals surface area (Å²) in [4.78, 5) is 10.1. The van der Waals surface area contributed by atoms with Crippen molar-refractivity contribution in [1.82, 2.24) is 14.5 Å². The molecule has 0 unspecified atom stereocenters. The number of benzene rings is 1. The second kappa shape index (κ2) is 5.64. The fourth-order valence-corrected chi connectivity index (χ4v) is 3.30. The van der Waals surface area contributed by atoms with Crippen LogP contribution in [0.1, 0.15) is 17.3 Å². The number of thiophene rings is 1. The van der Waals surface area contributed by atoms with E-state index >= 15 is 0 Å². The molecule has 1 N–H and O–H groups in total. The Morgan fingerprint density at radius 3 is 2.83 bits per heavy atom. The largest absolute Gasteiger partial charge is 0.440 e. The molecule has 0 aliphatic heterocycles. The summed E-state index contributed by atoms with van der Waals surface area (Å²) in [5.41, 5.74) is 2.71. The Hall–Kier alpha value is -2.44. The molecule has 0 bridgehead atoms. The number of hydrogen-bond acceptors (Lipinski definition) is 5. The van der Waals surface area contributed by atoms with Gasteiger partial charge in [-0.1, -0.05) is 18.2 Å². The number of aromatic nitrogens is 3. The molecule has 0 amide bonds. The highest BCUT2D eigenvalue weighted by Gasteiger charge is 2.16. The number of aliphatic hydroxyl groups is 1. The van der Waals surface area contributed by atoms with Crippen molar-refractivity contribution in [2.24, 2.45) is 0 Å². The number of imidazole rings is 1. The average Bonchev–Trinajstić information content (AvgIpc) is 3.28. The number of nitrogens with zero attached hydrogens (tertiary/aromatic N) is 3. The van der Waals surface area contributed by atoms with Gasteiger partial charge in [-0.2, -0.15) is 0 Å². The van der Waals surface area contributed by atoms with E-state index in [-0.39, 0.29) is 6.61 Å². The second-order valence-electron chi connectivity index (χ2n) is 5.26. The van der Waals surface area contributed by atoms with E-state index in [0.717, 1.165) is 27.4 Å². The van der Waals surface area contributed by atoms with Crippen molar-refractivity contribution in [2.75, 3.05) is 0 Å². The molecule has 6 heteroatoms. The quantitative estimate of drug-likeness (QED) is 0.622. The SMILES string of the molecule is Cc1oc(-c2cccs2)nc1Cn1c(CO)nc2ccccc21. The average molecular weight is 325 g/mol. The van der Waals surface area contributed by atoms with Gasteiger partial charge in [0.1, 0.15) is 23.9 Å². The summed E-state index contributed by atoms with van der Waals surface area (Å²) in [6.07, 6.45) is 0. The molecular weight excluding hydrogens is 310 g/mol. The number of aliphatic hydroxyl groups excluding tert-OH is 1. The standard InChI is InChI=1S/C17H15N3O2S/c1-11-13(19-17(22-11)15-7-4-8-23-15)9-20-14-6-3-2-5-12(14)18-16(20)10-21/h2-8,21H,9-10H2,1H3. The fourth-order valence-electron chi connectivity index (χ4n) is 2.65. The lowest BCUT2D eigenvalue weighted by molar-refractivity contribution is 0.267. The number of fused-ring (bicyclic) bond motifs is 1. The van der Waals surface area contributed by atoms with Gasteiger partial charge in [0.25, 0.3) is 0 Å². The van der Waals surface area contributed by atoms with Gasteiger partial charge in [0.2, 0.25) is 5.89 Å². The van der Waals surface area contributed by atoms with Crippen LogP contribution >= 0.6 is 11.3 Å². The molecule has 0 saturated heterocycles. The molecule has 0 aliphatic carbocycles. The van der Waals surface area contributed by atoms with Gasteiger partial charge in [0.05, 0.1) is 22.5 Å². The number of rotatable bonds is 4. The normalized spacial score (nSPS) is 11.4. The number of hydrogen-bond donors (Lipinski definition) is 1. The van der Waals surface area contributed by atoms with E-state index < -0.39 is 0 Å². The zero-order valence-electron chi connectivity index (χ0n) is 12.6. The molecule has 3 aromatic heterocycles. The maximum absolute atomic E-state index is 9.60. The monoisotopic (exact) mass is 325 g/mol. The van der Waals surface area contributed by atoms with Crippen LogP contribution in [0.5, 0.6) is 0 Å². The molecular formula is C17H15N3O2S. The first-order chi connectivity index (χ1) is 11.3. The van der Waals surface area contributed by atoms with Gasteiger partial charge < -0.3 is 14.1 Å². The van der Waals surface area contributed by atoms with Crippen molar-refractivity contribution in [2.45, 2.75) is 20.1 Å². The Morgan fingerprint density at radius 1 is 1.17 bits per heavy atom. The number of oxazole rings is 1. The molecule has 3 heterocycles. The van der Waals surface area contributed by atoms with Crippen molar-refractivity contribution in [1.29, 1.82) is 0 Å². The van der Waals surface area contributed by atoms with E-state index in [1.165, 1.54) is 0 Å². The summed E-state index contributed by atoms with van der Waals surface area (Å²) >= 11 is 1.60. The van der Waals surface area contributed by atoms with Crippen LogP contribution in [0, 0.1) is 6.92 Å². The highest BCUT2D eigenvalue weighted by molar-refractivity contribution is 7.13. The first-order valence-corrected chi connectivity index (χ1v) is 8.19. The van der Waals surface area contributed by atoms with Crippen molar-refractivity contribution in [3.63, 3.8) is 0 Å². The van der Waals surface area contributed by atoms with Crippen LogP contribution in [0.25, 0.3) is 21.8 Å². The van der Waals surface area contributed by atoms with E-state index in [0.29, 0.717) is 18.3 Å². The Labute approximate surface area is 136 Å². The lowest BCUT2D eigenvalue weighted by Crippen LogP contribution is -2.06. The van der Waals surface area contributed by atoms with Crippen LogP contribution in [-0.4, -0.2) is 19.6 Å². The summed E-state index contributed by atoms with van der Waals surface area (Å²) in [5, 5.41) is 11.6. The van der Waals surface area contributed by atoms with Crippen LogP contribution in [-0.2, 0) is 13.2 Å². The summed E-state index contributed by atoms with van der Waals surface area (Å²) in [5.74, 6) is 2.06. The van der Waals surface area contributed by atoms with Crippen LogP contribution in [0.2, 0.25) is 0 Å². The second-order valence-corrected chi connectivity index (χ2v) is 6.21. The molecule has 1 aromatic carbocycles. The topological polar surface area (TPSA) is 64.1 Å². The highest BCUT2D eigenvalue weighted by atomic mass is 32.1. The Bertz CT molecular complexity index is 954. The van der Waals surface area contributed by atoms with E-state index in [2.05, 4.69) is 9.97 Å². The summed E-state index contributed by atoms with van der Waals surface area (Å²) in [7, 11) is 0. The molecule has 0 radical (unpaired) electrons. The van der Waals surface area contributed by atoms with Crippen molar-refractivity contribution in [3.05, 3.63) is 59.1 Å². The minimum atomic E-state index is -0.108. The fraction of sp³-hybridized carbons (Fsp3) is 0.176. The molecule has 4 rings (SSSR count). The van der Waals surface area contributed by atoms with Gasteiger partial charge in [-0.25, -0.2) is 9.97 Å². The van der Waals surface area contributed by atoms with Crippen LogP contribution in [0.3, 0.4) is 0 Å². The van der Waals surface area contributed by atoms with E-state index in [4.69, 9.17) is 4.42 Å². The van der Waals surface area contributed by atoms with Gasteiger partial charge in [0.15, 0.2) is 0 Å². The van der Waals surface area contributed by atoms with Gasteiger partial charge >= 0.3 is 0 Å². The molecule has 0 atom stereocenters. The van der Waals surface area contributed by atoms with E-state index in [1.54, 1.807) is 11.3 Å². The molecule has 116 valence electrons. The van der Waals surface area contributed by atoms with Crippen LogP contribution < -0.4 is 0 Å². The van der Waals surface area contributed by atoms with E-state index in [9.17, 15) is 5.11 Å². The molecule has 0 aliphatic rings. The van der Waals surface area contributed by atoms with Gasteiger partial charge in [-0.15, -0.1) is 11.3 Å². The maximum atomic E-state index is 9.60. The minimum absolute atomic E-state index is 0.108. The zero-order chi connectivity index (χ0) is 15.8. The summed E-state index contributed by atoms with van der Waals surface area (Å²) in [6.45, 7) is 2.33. The molecule has 4 aromatic rings. The first-order valence-electron chi connectivity index (χ1n) is 7.31. The van der Waals surface area contributed by atoms with E-state index in [1.807, 2.05) is 53.3 Å². The number of aryl methyl sites for hydroxylation is 1. The van der Waals surface area contributed by atoms with Gasteiger partial charge in [0, 0.05) is 0 Å². The zero-order valence-corrected chi connectivity index (χ0v) is 13.4. The highest BCUT2D eigenvalue weighted by Crippen LogP contribution is 2.27. The summed E-state index contributed by atoms with van der Waals surface area (Å²) in [6, 6.07) is 11.8. The predicted molar refractivity (Wildman–Crippen MR) is 89.3 cm³/mol. The maximum Gasteiger partial charge on any atom is 0.236 e. The molecule has 5 nitrogen and oxygen atoms in total. The van der Waals surface area contributed by atoms with Crippen LogP contribution in [0.15, 0.2) is 46.2 Å². The third kappa shape index (κ3) is 2.46. The smallest absolute Gasteiger partial charge is 0.236 e. The lowest BCUT2D eigenvalue weighted by Gasteiger charge is -2.05. The Balaban J connectivity index is 1.76. The molecule has 0 fully saturated rings. The Kier molecular flexibility index (Phi) is 3.48. The number of para-hydroxylation sites is 2. The van der Waals surface area contributed by atoms with Crippen molar-refractivity contribution < 1.29 is 9.52 Å². The molecule has 0 spiro atoms. The molecule has 23 heavy (non-hydrogen) atoms. The Morgan fingerprint density at radius 2 is 2.04 bits per heavy atom. The van der Waals surface area contributed by atoms with Crippen molar-refractivity contribution in [3.8, 4) is 10.8 Å².